The average Bonchev–Trinajstić information content (AvgIpc) is 2.32. The fourth-order valence-corrected chi connectivity index (χ4v) is 1.56. The number of aryl methyl sites for hydroxylation is 1. The molecule has 0 saturated heterocycles. The molecule has 1 aromatic carbocycles. The van der Waals surface area contributed by atoms with Crippen LogP contribution in [-0.4, -0.2) is 22.3 Å². The maximum atomic E-state index is 11.8. The van der Waals surface area contributed by atoms with Crippen LogP contribution < -0.4 is 0 Å². The molecule has 0 fully saturated rings. The Hall–Kier alpha value is -0.900. The molecule has 95 valence electrons. The number of hydrogen-bond donors (Lipinski definition) is 1. The molecule has 0 heterocycles. The second kappa shape index (κ2) is 6.15. The van der Waals surface area contributed by atoms with Gasteiger partial charge in [0.05, 0.1) is 18.7 Å². The van der Waals surface area contributed by atoms with E-state index in [1.807, 2.05) is 12.1 Å². The standard InChI is InChI=1S/C14H22NO2/c1-4-5-12-6-8-13(9-7-12)10-15(17)14(2,3)11-16/h6-9,16H,4-5,10-11H2,1-3H3. The first kappa shape index (κ1) is 14.2. The Morgan fingerprint density at radius 3 is 2.18 bits per heavy atom. The van der Waals surface area contributed by atoms with Gasteiger partial charge in [0.15, 0.2) is 0 Å². The summed E-state index contributed by atoms with van der Waals surface area (Å²) in [4.78, 5) is 0. The van der Waals surface area contributed by atoms with Crippen molar-refractivity contribution >= 4 is 0 Å². The van der Waals surface area contributed by atoms with Gasteiger partial charge in [-0.2, -0.15) is 0 Å². The summed E-state index contributed by atoms with van der Waals surface area (Å²) in [5, 5.41) is 21.9. The van der Waals surface area contributed by atoms with Crippen LogP contribution in [0.2, 0.25) is 0 Å². The summed E-state index contributed by atoms with van der Waals surface area (Å²) in [5.41, 5.74) is 1.57. The Bertz CT molecular complexity index is 333. The van der Waals surface area contributed by atoms with Gasteiger partial charge in [-0.1, -0.05) is 37.6 Å². The van der Waals surface area contributed by atoms with Gasteiger partial charge >= 0.3 is 0 Å². The number of aliphatic hydroxyl groups is 1. The van der Waals surface area contributed by atoms with E-state index in [2.05, 4.69) is 19.1 Å². The molecule has 0 unspecified atom stereocenters. The minimum absolute atomic E-state index is 0.135. The second-order valence-electron chi connectivity index (χ2n) is 5.07. The molecule has 1 N–H and O–H groups in total. The van der Waals surface area contributed by atoms with Crippen molar-refractivity contribution in [3.05, 3.63) is 35.4 Å². The third-order valence-corrected chi connectivity index (χ3v) is 2.95. The fourth-order valence-electron chi connectivity index (χ4n) is 1.56. The molecule has 0 atom stereocenters. The van der Waals surface area contributed by atoms with Crippen LogP contribution in [0.5, 0.6) is 0 Å². The Morgan fingerprint density at radius 2 is 1.71 bits per heavy atom. The minimum atomic E-state index is -0.720. The van der Waals surface area contributed by atoms with Crippen LogP contribution in [0.15, 0.2) is 24.3 Å². The summed E-state index contributed by atoms with van der Waals surface area (Å²) in [6.45, 7) is 5.82. The highest BCUT2D eigenvalue weighted by molar-refractivity contribution is 5.22. The van der Waals surface area contributed by atoms with Crippen LogP contribution in [0.1, 0.15) is 38.3 Å². The predicted octanol–water partition coefficient (Wildman–Crippen LogP) is 2.56. The SMILES string of the molecule is CCCc1ccc(CN([O])C(C)(C)CO)cc1. The van der Waals surface area contributed by atoms with Crippen molar-refractivity contribution in [3.63, 3.8) is 0 Å². The van der Waals surface area contributed by atoms with Gasteiger partial charge in [-0.05, 0) is 31.4 Å². The van der Waals surface area contributed by atoms with Crippen LogP contribution in [0.25, 0.3) is 0 Å². The molecule has 3 heteroatoms. The van der Waals surface area contributed by atoms with Gasteiger partial charge in [0.1, 0.15) is 0 Å². The highest BCUT2D eigenvalue weighted by Gasteiger charge is 2.25. The first-order valence-electron chi connectivity index (χ1n) is 6.13. The summed E-state index contributed by atoms with van der Waals surface area (Å²) in [6.07, 6.45) is 2.20. The van der Waals surface area contributed by atoms with Crippen molar-refractivity contribution in [1.29, 1.82) is 0 Å². The summed E-state index contributed by atoms with van der Waals surface area (Å²) in [7, 11) is 0. The first-order chi connectivity index (χ1) is 7.99. The Morgan fingerprint density at radius 1 is 1.18 bits per heavy atom. The Balaban J connectivity index is 2.63. The molecule has 0 aliphatic heterocycles. The van der Waals surface area contributed by atoms with E-state index in [-0.39, 0.29) is 6.61 Å². The molecule has 17 heavy (non-hydrogen) atoms. The van der Waals surface area contributed by atoms with Crippen molar-refractivity contribution in [3.8, 4) is 0 Å². The summed E-state index contributed by atoms with van der Waals surface area (Å²) >= 11 is 0. The van der Waals surface area contributed by atoms with Crippen LogP contribution in [-0.2, 0) is 18.2 Å². The van der Waals surface area contributed by atoms with Crippen LogP contribution in [0, 0.1) is 0 Å². The van der Waals surface area contributed by atoms with E-state index in [1.54, 1.807) is 13.8 Å². The van der Waals surface area contributed by atoms with E-state index in [0.717, 1.165) is 23.5 Å². The largest absolute Gasteiger partial charge is 0.394 e. The number of nitrogens with zero attached hydrogens (tertiary/aromatic N) is 1. The van der Waals surface area contributed by atoms with Gasteiger partial charge in [0.2, 0.25) is 0 Å². The second-order valence-corrected chi connectivity index (χ2v) is 5.07. The van der Waals surface area contributed by atoms with E-state index >= 15 is 0 Å². The number of benzene rings is 1. The first-order valence-corrected chi connectivity index (χ1v) is 6.13. The van der Waals surface area contributed by atoms with Gasteiger partial charge in [0, 0.05) is 0 Å². The van der Waals surface area contributed by atoms with Gasteiger partial charge < -0.3 is 5.11 Å². The lowest BCUT2D eigenvalue weighted by Crippen LogP contribution is -2.43. The molecule has 0 spiro atoms. The minimum Gasteiger partial charge on any atom is -0.394 e. The van der Waals surface area contributed by atoms with Gasteiger partial charge in [-0.25, -0.2) is 0 Å². The van der Waals surface area contributed by atoms with Crippen LogP contribution >= 0.6 is 0 Å². The number of hydroxylamine groups is 2. The molecular weight excluding hydrogens is 214 g/mol. The predicted molar refractivity (Wildman–Crippen MR) is 67.8 cm³/mol. The van der Waals surface area contributed by atoms with Crippen molar-refractivity contribution in [2.24, 2.45) is 0 Å². The van der Waals surface area contributed by atoms with Crippen molar-refractivity contribution in [2.75, 3.05) is 6.61 Å². The summed E-state index contributed by atoms with van der Waals surface area (Å²) in [5.74, 6) is 0. The van der Waals surface area contributed by atoms with Crippen LogP contribution in [0.4, 0.5) is 0 Å². The quantitative estimate of drug-likeness (QED) is 0.771. The zero-order valence-corrected chi connectivity index (χ0v) is 10.9. The van der Waals surface area contributed by atoms with E-state index < -0.39 is 5.54 Å². The number of hydrogen-bond acceptors (Lipinski definition) is 2. The highest BCUT2D eigenvalue weighted by atomic mass is 16.5. The molecule has 0 saturated carbocycles. The molecule has 0 aliphatic carbocycles. The molecule has 1 rings (SSSR count). The summed E-state index contributed by atoms with van der Waals surface area (Å²) in [6, 6.07) is 8.12. The van der Waals surface area contributed by atoms with Crippen molar-refractivity contribution in [2.45, 2.75) is 45.7 Å². The molecule has 0 aliphatic rings. The highest BCUT2D eigenvalue weighted by Crippen LogP contribution is 2.16. The Kier molecular flexibility index (Phi) is 5.12. The normalized spacial score (nSPS) is 12.1. The molecular formula is C14H22NO2. The molecule has 1 aromatic rings. The molecule has 0 amide bonds. The molecule has 3 nitrogen and oxygen atoms in total. The smallest absolute Gasteiger partial charge is 0.0671 e. The maximum Gasteiger partial charge on any atom is 0.0671 e. The van der Waals surface area contributed by atoms with Crippen LogP contribution in [0.3, 0.4) is 0 Å². The Labute approximate surface area is 104 Å². The van der Waals surface area contributed by atoms with Gasteiger partial charge in [-0.15, -0.1) is 10.3 Å². The fraction of sp³-hybridized carbons (Fsp3) is 0.571. The maximum absolute atomic E-state index is 11.8. The number of rotatable bonds is 6. The van der Waals surface area contributed by atoms with Gasteiger partial charge in [0.25, 0.3) is 0 Å². The van der Waals surface area contributed by atoms with Crippen molar-refractivity contribution < 1.29 is 10.3 Å². The van der Waals surface area contributed by atoms with E-state index in [4.69, 9.17) is 5.11 Å². The molecule has 1 radical (unpaired) electrons. The lowest BCUT2D eigenvalue weighted by atomic mass is 10.0. The van der Waals surface area contributed by atoms with E-state index in [0.29, 0.717) is 6.54 Å². The molecule has 0 aromatic heterocycles. The lowest BCUT2D eigenvalue weighted by molar-refractivity contribution is -0.233. The average molecular weight is 236 g/mol. The topological polar surface area (TPSA) is 43.4 Å². The van der Waals surface area contributed by atoms with Gasteiger partial charge in [-0.3, -0.25) is 0 Å². The molecule has 0 bridgehead atoms. The zero-order valence-electron chi connectivity index (χ0n) is 10.9. The zero-order chi connectivity index (χ0) is 12.9. The van der Waals surface area contributed by atoms with Crippen molar-refractivity contribution in [1.82, 2.24) is 5.06 Å². The monoisotopic (exact) mass is 236 g/mol. The third-order valence-electron chi connectivity index (χ3n) is 2.95. The lowest BCUT2D eigenvalue weighted by Gasteiger charge is -2.29. The summed E-state index contributed by atoms with van der Waals surface area (Å²) < 4.78 is 0. The number of aliphatic hydroxyl groups excluding tert-OH is 1. The van der Waals surface area contributed by atoms with E-state index in [9.17, 15) is 5.21 Å². The van der Waals surface area contributed by atoms with E-state index in [1.165, 1.54) is 5.56 Å². The third kappa shape index (κ3) is 4.11.